The Morgan fingerprint density at radius 3 is 2.40 bits per heavy atom. The largest absolute Gasteiger partial charge is 0.480 e. The average molecular weight is 281 g/mol. The van der Waals surface area contributed by atoms with Crippen molar-refractivity contribution in [3.63, 3.8) is 0 Å². The summed E-state index contributed by atoms with van der Waals surface area (Å²) in [6.07, 6.45) is 0. The number of non-ortho nitro benzene ring substituents is 1. The molecule has 1 atom stereocenters. The first-order chi connectivity index (χ1) is 9.31. The van der Waals surface area contributed by atoms with Gasteiger partial charge in [0.15, 0.2) is 0 Å². The van der Waals surface area contributed by atoms with Crippen LogP contribution in [0, 0.1) is 10.1 Å². The van der Waals surface area contributed by atoms with Crippen LogP contribution in [0.15, 0.2) is 24.3 Å². The summed E-state index contributed by atoms with van der Waals surface area (Å²) in [7, 11) is 1.52. The number of hydrogen-bond donors (Lipinski definition) is 2. The number of carbonyl (C=O) groups is 2. The number of amides is 1. The molecule has 0 bridgehead atoms. The Bertz CT molecular complexity index is 514. The molecule has 1 aromatic rings. The molecule has 8 nitrogen and oxygen atoms in total. The zero-order valence-corrected chi connectivity index (χ0v) is 11.1. The molecular weight excluding hydrogens is 266 g/mol. The van der Waals surface area contributed by atoms with E-state index < -0.39 is 22.8 Å². The van der Waals surface area contributed by atoms with Crippen LogP contribution < -0.4 is 5.32 Å². The Labute approximate surface area is 115 Å². The first kappa shape index (κ1) is 15.6. The maximum Gasteiger partial charge on any atom is 0.320 e. The third-order valence-electron chi connectivity index (χ3n) is 2.77. The number of aliphatic carboxylic acids is 1. The molecule has 0 aliphatic carbocycles. The van der Waals surface area contributed by atoms with Crippen LogP contribution >= 0.6 is 0 Å². The third-order valence-corrected chi connectivity index (χ3v) is 2.77. The topological polar surface area (TPSA) is 113 Å². The molecule has 0 saturated carbocycles. The number of benzene rings is 1. The van der Waals surface area contributed by atoms with Crippen molar-refractivity contribution < 1.29 is 19.6 Å². The lowest BCUT2D eigenvalue weighted by atomic mass is 10.2. The van der Waals surface area contributed by atoms with Crippen molar-refractivity contribution in [1.29, 1.82) is 0 Å². The normalized spacial score (nSPS) is 11.9. The van der Waals surface area contributed by atoms with E-state index in [2.05, 4.69) is 5.32 Å². The van der Waals surface area contributed by atoms with Crippen LogP contribution in [0.5, 0.6) is 0 Å². The van der Waals surface area contributed by atoms with Crippen LogP contribution in [0.3, 0.4) is 0 Å². The smallest absolute Gasteiger partial charge is 0.320 e. The molecule has 0 heterocycles. The van der Waals surface area contributed by atoms with E-state index in [1.165, 1.54) is 43.1 Å². The number of hydrogen-bond acceptors (Lipinski definition) is 5. The lowest BCUT2D eigenvalue weighted by Gasteiger charge is -2.20. The molecule has 20 heavy (non-hydrogen) atoms. The van der Waals surface area contributed by atoms with Crippen molar-refractivity contribution in [3.05, 3.63) is 34.4 Å². The number of anilines is 1. The number of carboxylic acids is 1. The molecular formula is C12H15N3O5. The van der Waals surface area contributed by atoms with Gasteiger partial charge >= 0.3 is 5.97 Å². The van der Waals surface area contributed by atoms with Crippen molar-refractivity contribution in [2.45, 2.75) is 13.0 Å². The standard InChI is InChI=1S/C12H15N3O5/c1-8(12(17)18)14(2)7-11(16)13-9-3-5-10(6-4-9)15(19)20/h3-6,8H,7H2,1-2H3,(H,13,16)(H,17,18). The van der Waals surface area contributed by atoms with Crippen molar-refractivity contribution >= 4 is 23.3 Å². The number of nitrogens with one attached hydrogen (secondary N) is 1. The van der Waals surface area contributed by atoms with Gasteiger partial charge in [0.05, 0.1) is 11.5 Å². The van der Waals surface area contributed by atoms with Crippen LogP contribution in [-0.4, -0.2) is 46.4 Å². The number of rotatable bonds is 6. The van der Waals surface area contributed by atoms with Crippen molar-refractivity contribution in [2.24, 2.45) is 0 Å². The molecule has 0 aliphatic heterocycles. The summed E-state index contributed by atoms with van der Waals surface area (Å²) in [6, 6.07) is 4.60. The lowest BCUT2D eigenvalue weighted by Crippen LogP contribution is -2.40. The first-order valence-electron chi connectivity index (χ1n) is 5.78. The van der Waals surface area contributed by atoms with Gasteiger partial charge in [-0.15, -0.1) is 0 Å². The molecule has 0 fully saturated rings. The fraction of sp³-hybridized carbons (Fsp3) is 0.333. The number of likely N-dealkylation sites (N-methyl/N-ethyl adjacent to an activating group) is 1. The molecule has 0 aliphatic rings. The molecule has 1 amide bonds. The second kappa shape index (κ2) is 6.62. The predicted molar refractivity (Wildman–Crippen MR) is 71.5 cm³/mol. The molecule has 0 aromatic heterocycles. The minimum atomic E-state index is -1.02. The van der Waals surface area contributed by atoms with Gasteiger partial charge in [-0.2, -0.15) is 0 Å². The van der Waals surface area contributed by atoms with Crippen molar-refractivity contribution in [2.75, 3.05) is 18.9 Å². The van der Waals surface area contributed by atoms with E-state index in [1.54, 1.807) is 0 Å². The third kappa shape index (κ3) is 4.32. The van der Waals surface area contributed by atoms with Gasteiger partial charge in [-0.1, -0.05) is 0 Å². The van der Waals surface area contributed by atoms with E-state index in [1.807, 2.05) is 0 Å². The average Bonchev–Trinajstić information content (AvgIpc) is 2.37. The molecule has 0 saturated heterocycles. The van der Waals surface area contributed by atoms with E-state index >= 15 is 0 Å². The summed E-state index contributed by atoms with van der Waals surface area (Å²) in [4.78, 5) is 33.8. The van der Waals surface area contributed by atoms with Crippen LogP contribution in [-0.2, 0) is 9.59 Å². The summed E-state index contributed by atoms with van der Waals surface area (Å²) in [5.74, 6) is -1.41. The minimum Gasteiger partial charge on any atom is -0.480 e. The summed E-state index contributed by atoms with van der Waals surface area (Å²) < 4.78 is 0. The van der Waals surface area contributed by atoms with Crippen molar-refractivity contribution in [1.82, 2.24) is 4.90 Å². The molecule has 1 aromatic carbocycles. The lowest BCUT2D eigenvalue weighted by molar-refractivity contribution is -0.384. The maximum absolute atomic E-state index is 11.7. The SMILES string of the molecule is CC(C(=O)O)N(C)CC(=O)Nc1ccc([N+](=O)[O-])cc1. The van der Waals surface area contributed by atoms with Gasteiger partial charge in [-0.05, 0) is 26.1 Å². The second-order valence-corrected chi connectivity index (χ2v) is 4.28. The Balaban J connectivity index is 2.58. The monoisotopic (exact) mass is 281 g/mol. The minimum absolute atomic E-state index is 0.0698. The Hall–Kier alpha value is -2.48. The zero-order chi connectivity index (χ0) is 15.3. The predicted octanol–water partition coefficient (Wildman–Crippen LogP) is 0.938. The highest BCUT2D eigenvalue weighted by Gasteiger charge is 2.19. The quantitative estimate of drug-likeness (QED) is 0.592. The first-order valence-corrected chi connectivity index (χ1v) is 5.78. The van der Waals surface area contributed by atoms with Crippen LogP contribution in [0.4, 0.5) is 11.4 Å². The number of nitro groups is 1. The zero-order valence-electron chi connectivity index (χ0n) is 11.1. The molecule has 108 valence electrons. The molecule has 1 unspecified atom stereocenters. The highest BCUT2D eigenvalue weighted by Crippen LogP contribution is 2.15. The Morgan fingerprint density at radius 2 is 1.95 bits per heavy atom. The van der Waals surface area contributed by atoms with E-state index in [0.717, 1.165) is 0 Å². The van der Waals surface area contributed by atoms with Gasteiger partial charge in [0.25, 0.3) is 5.69 Å². The van der Waals surface area contributed by atoms with E-state index in [9.17, 15) is 19.7 Å². The van der Waals surface area contributed by atoms with Gasteiger partial charge in [-0.3, -0.25) is 24.6 Å². The molecule has 8 heteroatoms. The molecule has 2 N–H and O–H groups in total. The Morgan fingerprint density at radius 1 is 1.40 bits per heavy atom. The molecule has 0 radical (unpaired) electrons. The summed E-state index contributed by atoms with van der Waals surface area (Å²) in [5, 5.41) is 21.8. The van der Waals surface area contributed by atoms with Crippen LogP contribution in [0.1, 0.15) is 6.92 Å². The van der Waals surface area contributed by atoms with Gasteiger partial charge in [0.1, 0.15) is 6.04 Å². The number of carbonyl (C=O) groups excluding carboxylic acids is 1. The van der Waals surface area contributed by atoms with Gasteiger partial charge in [0, 0.05) is 17.8 Å². The maximum atomic E-state index is 11.7. The number of carboxylic acid groups (broad SMARTS) is 1. The van der Waals surface area contributed by atoms with Crippen LogP contribution in [0.25, 0.3) is 0 Å². The van der Waals surface area contributed by atoms with E-state index in [-0.39, 0.29) is 12.2 Å². The van der Waals surface area contributed by atoms with Gasteiger partial charge < -0.3 is 10.4 Å². The Kier molecular flexibility index (Phi) is 5.15. The fourth-order valence-corrected chi connectivity index (χ4v) is 1.42. The summed E-state index contributed by atoms with van der Waals surface area (Å²) in [5.41, 5.74) is 0.344. The van der Waals surface area contributed by atoms with Gasteiger partial charge in [-0.25, -0.2) is 0 Å². The van der Waals surface area contributed by atoms with Gasteiger partial charge in [0.2, 0.25) is 5.91 Å². The van der Waals surface area contributed by atoms with Crippen LogP contribution in [0.2, 0.25) is 0 Å². The number of nitro benzene ring substituents is 1. The number of nitrogens with zero attached hydrogens (tertiary/aromatic N) is 2. The molecule has 0 spiro atoms. The fourth-order valence-electron chi connectivity index (χ4n) is 1.42. The highest BCUT2D eigenvalue weighted by molar-refractivity contribution is 5.92. The summed E-state index contributed by atoms with van der Waals surface area (Å²) >= 11 is 0. The summed E-state index contributed by atoms with van der Waals surface area (Å²) in [6.45, 7) is 1.38. The molecule has 1 rings (SSSR count). The second-order valence-electron chi connectivity index (χ2n) is 4.28. The highest BCUT2D eigenvalue weighted by atomic mass is 16.6. The van der Waals surface area contributed by atoms with E-state index in [4.69, 9.17) is 5.11 Å². The van der Waals surface area contributed by atoms with Crippen molar-refractivity contribution in [3.8, 4) is 0 Å². The van der Waals surface area contributed by atoms with E-state index in [0.29, 0.717) is 5.69 Å².